The van der Waals surface area contributed by atoms with Gasteiger partial charge < -0.3 is 11.1 Å². The van der Waals surface area contributed by atoms with Crippen LogP contribution in [0.5, 0.6) is 0 Å². The smallest absolute Gasteiger partial charge is 0.398 e. The minimum absolute atomic E-state index is 0.509. The van der Waals surface area contributed by atoms with Gasteiger partial charge in [0.2, 0.25) is 0 Å². The molecule has 4 aromatic rings. The first kappa shape index (κ1) is 17.8. The Kier molecular flexibility index (Phi) is 4.35. The van der Waals surface area contributed by atoms with Crippen LogP contribution in [-0.4, -0.2) is 9.97 Å². The Balaban J connectivity index is 1.71. The van der Waals surface area contributed by atoms with Crippen molar-refractivity contribution in [2.75, 3.05) is 11.1 Å². The van der Waals surface area contributed by atoms with E-state index < -0.39 is 11.7 Å². The quantitative estimate of drug-likeness (QED) is 0.483. The number of benzene rings is 2. The van der Waals surface area contributed by atoms with Crippen molar-refractivity contribution in [3.05, 3.63) is 78.6 Å². The van der Waals surface area contributed by atoms with Gasteiger partial charge in [-0.3, -0.25) is 4.98 Å². The number of aromatic nitrogens is 2. The molecule has 4 rings (SSSR count). The van der Waals surface area contributed by atoms with Crippen LogP contribution in [0.1, 0.15) is 5.56 Å². The Morgan fingerprint density at radius 2 is 1.64 bits per heavy atom. The molecule has 0 aliphatic carbocycles. The molecule has 0 aliphatic heterocycles. The van der Waals surface area contributed by atoms with Crippen molar-refractivity contribution in [2.45, 2.75) is 6.18 Å². The summed E-state index contributed by atoms with van der Waals surface area (Å²) in [5.74, 6) is 0.532. The van der Waals surface area contributed by atoms with E-state index in [9.17, 15) is 13.2 Å². The van der Waals surface area contributed by atoms with Crippen LogP contribution in [0.4, 0.5) is 30.4 Å². The van der Waals surface area contributed by atoms with Gasteiger partial charge in [-0.15, -0.1) is 0 Å². The fourth-order valence-corrected chi connectivity index (χ4v) is 2.95. The van der Waals surface area contributed by atoms with Crippen molar-refractivity contribution in [3.63, 3.8) is 0 Å². The first-order valence-corrected chi connectivity index (χ1v) is 8.46. The molecule has 0 saturated carbocycles. The Labute approximate surface area is 158 Å². The molecule has 0 unspecified atom stereocenters. The molecule has 4 nitrogen and oxygen atoms in total. The Morgan fingerprint density at radius 3 is 2.39 bits per heavy atom. The highest BCUT2D eigenvalue weighted by Crippen LogP contribution is 2.33. The predicted molar refractivity (Wildman–Crippen MR) is 104 cm³/mol. The molecular formula is C21H15F3N4. The molecule has 140 valence electrons. The van der Waals surface area contributed by atoms with Gasteiger partial charge in [0.25, 0.3) is 0 Å². The average molecular weight is 380 g/mol. The first-order chi connectivity index (χ1) is 13.4. The van der Waals surface area contributed by atoms with E-state index in [0.717, 1.165) is 34.2 Å². The van der Waals surface area contributed by atoms with Crippen LogP contribution in [0.3, 0.4) is 0 Å². The standard InChI is InChI=1S/C21H15F3N4/c22-21(23,24)14-4-6-15(7-5-14)28-20-16(2-1-10-27-20)13-3-8-19-17(12-13)18(25)9-11-26-19/h1-12H,(H2,25,26)(H,27,28). The van der Waals surface area contributed by atoms with Crippen molar-refractivity contribution in [2.24, 2.45) is 0 Å². The van der Waals surface area contributed by atoms with E-state index in [-0.39, 0.29) is 0 Å². The summed E-state index contributed by atoms with van der Waals surface area (Å²) in [6.07, 6.45) is -1.10. The van der Waals surface area contributed by atoms with Crippen LogP contribution in [0, 0.1) is 0 Å². The lowest BCUT2D eigenvalue weighted by Crippen LogP contribution is -2.04. The zero-order valence-corrected chi connectivity index (χ0v) is 14.5. The zero-order chi connectivity index (χ0) is 19.7. The lowest BCUT2D eigenvalue weighted by molar-refractivity contribution is -0.137. The highest BCUT2D eigenvalue weighted by atomic mass is 19.4. The number of nitrogens with zero attached hydrogens (tertiary/aromatic N) is 2. The van der Waals surface area contributed by atoms with Gasteiger partial charge >= 0.3 is 6.18 Å². The summed E-state index contributed by atoms with van der Waals surface area (Å²) in [5.41, 5.74) is 8.93. The Hall–Kier alpha value is -3.61. The highest BCUT2D eigenvalue weighted by molar-refractivity contribution is 5.94. The summed E-state index contributed by atoms with van der Waals surface area (Å²) in [4.78, 5) is 8.64. The van der Waals surface area contributed by atoms with Gasteiger partial charge in [0.15, 0.2) is 0 Å². The number of nitrogens with two attached hydrogens (primary N) is 1. The SMILES string of the molecule is Nc1ccnc2ccc(-c3cccnc3Nc3ccc(C(F)(F)F)cc3)cc12. The van der Waals surface area contributed by atoms with Crippen molar-refractivity contribution in [3.8, 4) is 11.1 Å². The maximum atomic E-state index is 12.7. The van der Waals surface area contributed by atoms with Gasteiger partial charge in [0.1, 0.15) is 5.82 Å². The maximum Gasteiger partial charge on any atom is 0.416 e. The molecule has 2 aromatic heterocycles. The Bertz CT molecular complexity index is 1140. The molecule has 2 heterocycles. The van der Waals surface area contributed by atoms with Crippen molar-refractivity contribution in [1.82, 2.24) is 9.97 Å². The van der Waals surface area contributed by atoms with Gasteiger partial charge in [-0.1, -0.05) is 6.07 Å². The summed E-state index contributed by atoms with van der Waals surface area (Å²) in [6.45, 7) is 0. The summed E-state index contributed by atoms with van der Waals surface area (Å²) < 4.78 is 38.2. The minimum atomic E-state index is -4.37. The summed E-state index contributed by atoms with van der Waals surface area (Å²) >= 11 is 0. The lowest BCUT2D eigenvalue weighted by atomic mass is 10.0. The third-order valence-electron chi connectivity index (χ3n) is 4.37. The van der Waals surface area contributed by atoms with Crippen molar-refractivity contribution in [1.29, 1.82) is 0 Å². The van der Waals surface area contributed by atoms with Crippen LogP contribution in [0.25, 0.3) is 22.0 Å². The lowest BCUT2D eigenvalue weighted by Gasteiger charge is -2.13. The molecule has 28 heavy (non-hydrogen) atoms. The van der Waals surface area contributed by atoms with E-state index in [1.807, 2.05) is 24.3 Å². The number of hydrogen-bond acceptors (Lipinski definition) is 4. The number of fused-ring (bicyclic) bond motifs is 1. The zero-order valence-electron chi connectivity index (χ0n) is 14.5. The van der Waals surface area contributed by atoms with Crippen LogP contribution in [0.2, 0.25) is 0 Å². The average Bonchev–Trinajstić information content (AvgIpc) is 2.68. The number of anilines is 3. The van der Waals surface area contributed by atoms with Gasteiger partial charge in [0.05, 0.1) is 11.1 Å². The molecule has 3 N–H and O–H groups in total. The van der Waals surface area contributed by atoms with Gasteiger partial charge in [-0.05, 0) is 60.2 Å². The molecule has 0 bridgehead atoms. The fourth-order valence-electron chi connectivity index (χ4n) is 2.95. The van der Waals surface area contributed by atoms with Gasteiger partial charge in [-0.2, -0.15) is 13.2 Å². The van der Waals surface area contributed by atoms with E-state index in [0.29, 0.717) is 17.2 Å². The van der Waals surface area contributed by atoms with Crippen LogP contribution in [0.15, 0.2) is 73.1 Å². The van der Waals surface area contributed by atoms with E-state index in [2.05, 4.69) is 15.3 Å². The van der Waals surface area contributed by atoms with Crippen molar-refractivity contribution < 1.29 is 13.2 Å². The number of rotatable bonds is 3. The molecule has 0 saturated heterocycles. The van der Waals surface area contributed by atoms with Gasteiger partial charge in [0, 0.05) is 34.7 Å². The number of nitrogen functional groups attached to an aromatic ring is 1. The number of pyridine rings is 2. The third kappa shape index (κ3) is 3.46. The molecule has 0 fully saturated rings. The van der Waals surface area contributed by atoms with Crippen molar-refractivity contribution >= 4 is 28.1 Å². The number of nitrogens with one attached hydrogen (secondary N) is 1. The summed E-state index contributed by atoms with van der Waals surface area (Å²) in [5, 5.41) is 3.91. The van der Waals surface area contributed by atoms with E-state index in [1.165, 1.54) is 12.1 Å². The number of hydrogen-bond donors (Lipinski definition) is 2. The van der Waals surface area contributed by atoms with Crippen LogP contribution < -0.4 is 11.1 Å². The molecular weight excluding hydrogens is 365 g/mol. The molecule has 2 aromatic carbocycles. The summed E-state index contributed by atoms with van der Waals surface area (Å²) in [6, 6.07) is 15.9. The van der Waals surface area contributed by atoms with E-state index in [1.54, 1.807) is 24.5 Å². The largest absolute Gasteiger partial charge is 0.416 e. The molecule has 0 spiro atoms. The molecule has 0 radical (unpaired) electrons. The fraction of sp³-hybridized carbons (Fsp3) is 0.0476. The molecule has 0 amide bonds. The second-order valence-corrected chi connectivity index (χ2v) is 6.23. The van der Waals surface area contributed by atoms with E-state index >= 15 is 0 Å². The highest BCUT2D eigenvalue weighted by Gasteiger charge is 2.29. The first-order valence-electron chi connectivity index (χ1n) is 8.46. The summed E-state index contributed by atoms with van der Waals surface area (Å²) in [7, 11) is 0. The second kappa shape index (κ2) is 6.84. The topological polar surface area (TPSA) is 63.8 Å². The Morgan fingerprint density at radius 1 is 0.857 bits per heavy atom. The molecule has 7 heteroatoms. The monoisotopic (exact) mass is 380 g/mol. The minimum Gasteiger partial charge on any atom is -0.398 e. The van der Waals surface area contributed by atoms with Crippen LogP contribution in [-0.2, 0) is 6.18 Å². The van der Waals surface area contributed by atoms with Crippen LogP contribution >= 0.6 is 0 Å². The normalized spacial score (nSPS) is 11.5. The maximum absolute atomic E-state index is 12.7. The number of alkyl halides is 3. The number of halogens is 3. The second-order valence-electron chi connectivity index (χ2n) is 6.23. The third-order valence-corrected chi connectivity index (χ3v) is 4.37. The predicted octanol–water partition coefficient (Wildman–Crippen LogP) is 5.64. The molecule has 0 atom stereocenters. The van der Waals surface area contributed by atoms with E-state index in [4.69, 9.17) is 5.73 Å². The molecule has 0 aliphatic rings. The van der Waals surface area contributed by atoms with Gasteiger partial charge in [-0.25, -0.2) is 4.98 Å².